The molecule has 0 radical (unpaired) electrons. The van der Waals surface area contributed by atoms with Gasteiger partial charge in [0.25, 0.3) is 5.91 Å². The van der Waals surface area contributed by atoms with Gasteiger partial charge in [-0.2, -0.15) is 0 Å². The minimum atomic E-state index is -0.0603. The van der Waals surface area contributed by atoms with Crippen molar-refractivity contribution in [3.8, 4) is 0 Å². The SMILES string of the molecule is Cc1noc(C)c1C(=O)N1C2CCC1CC(N1C(=O)CCC1=O)C2. The van der Waals surface area contributed by atoms with Gasteiger partial charge in [0.2, 0.25) is 11.8 Å². The number of likely N-dealkylation sites (tertiary alicyclic amines) is 1. The van der Waals surface area contributed by atoms with Gasteiger partial charge in [-0.05, 0) is 39.5 Å². The van der Waals surface area contributed by atoms with Crippen molar-refractivity contribution in [3.63, 3.8) is 0 Å². The molecular formula is C17H21N3O4. The van der Waals surface area contributed by atoms with E-state index in [1.165, 1.54) is 4.90 Å². The molecule has 3 aliphatic rings. The molecule has 3 saturated heterocycles. The van der Waals surface area contributed by atoms with Crippen molar-refractivity contribution in [1.29, 1.82) is 0 Å². The van der Waals surface area contributed by atoms with E-state index in [0.29, 0.717) is 42.7 Å². The first-order valence-electron chi connectivity index (χ1n) is 8.57. The second kappa shape index (κ2) is 5.43. The van der Waals surface area contributed by atoms with Crippen LogP contribution in [0, 0.1) is 13.8 Å². The summed E-state index contributed by atoms with van der Waals surface area (Å²) in [6.07, 6.45) is 3.87. The lowest BCUT2D eigenvalue weighted by molar-refractivity contribution is -0.142. The third-order valence-corrected chi connectivity index (χ3v) is 5.65. The number of piperidine rings is 1. The van der Waals surface area contributed by atoms with Gasteiger partial charge in [-0.15, -0.1) is 0 Å². The summed E-state index contributed by atoms with van der Waals surface area (Å²) >= 11 is 0. The standard InChI is InChI=1S/C17H21N3O4/c1-9-16(10(2)24-18-9)17(23)19-11-3-4-12(19)8-13(7-11)20-14(21)5-6-15(20)22/h11-13H,3-8H2,1-2H3. The first-order valence-corrected chi connectivity index (χ1v) is 8.57. The molecule has 128 valence electrons. The molecule has 2 unspecified atom stereocenters. The number of carbonyl (C=O) groups is 3. The van der Waals surface area contributed by atoms with Crippen LogP contribution in [0.15, 0.2) is 4.52 Å². The van der Waals surface area contributed by atoms with E-state index in [1.807, 2.05) is 4.90 Å². The maximum absolute atomic E-state index is 13.0. The van der Waals surface area contributed by atoms with Gasteiger partial charge < -0.3 is 9.42 Å². The van der Waals surface area contributed by atoms with Gasteiger partial charge in [0.05, 0.1) is 5.69 Å². The fraction of sp³-hybridized carbons (Fsp3) is 0.647. The molecule has 2 bridgehead atoms. The summed E-state index contributed by atoms with van der Waals surface area (Å²) in [5.41, 5.74) is 1.17. The fourth-order valence-corrected chi connectivity index (χ4v) is 4.61. The van der Waals surface area contributed by atoms with E-state index in [1.54, 1.807) is 13.8 Å². The third-order valence-electron chi connectivity index (χ3n) is 5.65. The predicted octanol–water partition coefficient (Wildman–Crippen LogP) is 1.58. The molecular weight excluding hydrogens is 310 g/mol. The molecule has 0 aromatic carbocycles. The number of nitrogens with zero attached hydrogens (tertiary/aromatic N) is 3. The van der Waals surface area contributed by atoms with Gasteiger partial charge in [0, 0.05) is 31.0 Å². The number of hydrogen-bond acceptors (Lipinski definition) is 5. The average Bonchev–Trinajstić information content (AvgIpc) is 3.14. The number of rotatable bonds is 2. The Bertz CT molecular complexity index is 676. The van der Waals surface area contributed by atoms with Crippen LogP contribution in [0.3, 0.4) is 0 Å². The highest BCUT2D eigenvalue weighted by Gasteiger charge is 2.48. The quantitative estimate of drug-likeness (QED) is 0.768. The highest BCUT2D eigenvalue weighted by molar-refractivity contribution is 6.02. The largest absolute Gasteiger partial charge is 0.361 e. The van der Waals surface area contributed by atoms with Crippen LogP contribution in [0.25, 0.3) is 0 Å². The van der Waals surface area contributed by atoms with Gasteiger partial charge >= 0.3 is 0 Å². The van der Waals surface area contributed by atoms with Crippen molar-refractivity contribution in [3.05, 3.63) is 17.0 Å². The Morgan fingerprint density at radius 3 is 2.12 bits per heavy atom. The van der Waals surface area contributed by atoms with Crippen molar-refractivity contribution in [2.24, 2.45) is 0 Å². The van der Waals surface area contributed by atoms with Crippen LogP contribution in [0.5, 0.6) is 0 Å². The first-order chi connectivity index (χ1) is 11.5. The summed E-state index contributed by atoms with van der Waals surface area (Å²) in [6.45, 7) is 3.53. The fourth-order valence-electron chi connectivity index (χ4n) is 4.61. The molecule has 4 rings (SSSR count). The van der Waals surface area contributed by atoms with Crippen molar-refractivity contribution in [1.82, 2.24) is 15.0 Å². The second-order valence-electron chi connectivity index (χ2n) is 7.08. The van der Waals surface area contributed by atoms with Crippen LogP contribution in [0.2, 0.25) is 0 Å². The van der Waals surface area contributed by atoms with Crippen LogP contribution >= 0.6 is 0 Å². The summed E-state index contributed by atoms with van der Waals surface area (Å²) in [5, 5.41) is 3.88. The molecule has 0 spiro atoms. The van der Waals surface area contributed by atoms with Crippen molar-refractivity contribution in [2.45, 2.75) is 70.5 Å². The van der Waals surface area contributed by atoms with E-state index in [4.69, 9.17) is 4.52 Å². The molecule has 3 amide bonds. The summed E-state index contributed by atoms with van der Waals surface area (Å²) in [6, 6.07) is 0.103. The van der Waals surface area contributed by atoms with Crippen LogP contribution in [0.1, 0.15) is 60.3 Å². The number of hydrogen-bond donors (Lipinski definition) is 0. The maximum Gasteiger partial charge on any atom is 0.259 e. The van der Waals surface area contributed by atoms with Gasteiger partial charge in [-0.25, -0.2) is 0 Å². The van der Waals surface area contributed by atoms with Crippen molar-refractivity contribution in [2.75, 3.05) is 0 Å². The Hall–Kier alpha value is -2.18. The summed E-state index contributed by atoms with van der Waals surface area (Å²) in [5.74, 6) is 0.394. The monoisotopic (exact) mass is 331 g/mol. The lowest BCUT2D eigenvalue weighted by atomic mass is 9.95. The molecule has 0 saturated carbocycles. The zero-order chi connectivity index (χ0) is 17.0. The molecule has 0 N–H and O–H groups in total. The molecule has 7 heteroatoms. The van der Waals surface area contributed by atoms with Gasteiger partial charge in [0.1, 0.15) is 11.3 Å². The Morgan fingerprint density at radius 1 is 1.04 bits per heavy atom. The van der Waals surface area contributed by atoms with Crippen LogP contribution in [-0.4, -0.2) is 50.8 Å². The molecule has 1 aromatic rings. The molecule has 3 fully saturated rings. The van der Waals surface area contributed by atoms with Gasteiger partial charge in [-0.1, -0.05) is 5.16 Å². The van der Waals surface area contributed by atoms with Crippen LogP contribution in [0.4, 0.5) is 0 Å². The molecule has 24 heavy (non-hydrogen) atoms. The first kappa shape index (κ1) is 15.4. The zero-order valence-corrected chi connectivity index (χ0v) is 13.9. The summed E-state index contributed by atoms with van der Waals surface area (Å²) in [4.78, 5) is 40.4. The third kappa shape index (κ3) is 2.17. The number of aromatic nitrogens is 1. The van der Waals surface area contributed by atoms with Crippen LogP contribution in [-0.2, 0) is 9.59 Å². The van der Waals surface area contributed by atoms with E-state index in [-0.39, 0.29) is 35.8 Å². The number of carbonyl (C=O) groups excluding carboxylic acids is 3. The second-order valence-corrected chi connectivity index (χ2v) is 7.08. The predicted molar refractivity (Wildman–Crippen MR) is 83.1 cm³/mol. The number of amides is 3. The van der Waals surface area contributed by atoms with E-state index in [2.05, 4.69) is 5.16 Å². The molecule has 2 atom stereocenters. The number of fused-ring (bicyclic) bond motifs is 2. The van der Waals surface area contributed by atoms with E-state index >= 15 is 0 Å². The van der Waals surface area contributed by atoms with Crippen molar-refractivity contribution >= 4 is 17.7 Å². The van der Waals surface area contributed by atoms with E-state index in [9.17, 15) is 14.4 Å². The molecule has 7 nitrogen and oxygen atoms in total. The van der Waals surface area contributed by atoms with Crippen LogP contribution < -0.4 is 0 Å². The van der Waals surface area contributed by atoms with Crippen molar-refractivity contribution < 1.29 is 18.9 Å². The lowest BCUT2D eigenvalue weighted by Crippen LogP contribution is -2.53. The van der Waals surface area contributed by atoms with Gasteiger partial charge in [-0.3, -0.25) is 19.3 Å². The minimum Gasteiger partial charge on any atom is -0.361 e. The Kier molecular flexibility index (Phi) is 3.47. The zero-order valence-electron chi connectivity index (χ0n) is 13.9. The van der Waals surface area contributed by atoms with Gasteiger partial charge in [0.15, 0.2) is 0 Å². The molecule has 1 aromatic heterocycles. The molecule has 3 aliphatic heterocycles. The average molecular weight is 331 g/mol. The Balaban J connectivity index is 1.56. The normalized spacial score (nSPS) is 29.7. The Labute approximate surface area is 139 Å². The summed E-state index contributed by atoms with van der Waals surface area (Å²) < 4.78 is 5.13. The molecule has 0 aliphatic carbocycles. The van der Waals surface area contributed by atoms with E-state index < -0.39 is 0 Å². The highest BCUT2D eigenvalue weighted by Crippen LogP contribution is 2.40. The topological polar surface area (TPSA) is 83.7 Å². The lowest BCUT2D eigenvalue weighted by Gasteiger charge is -2.41. The maximum atomic E-state index is 13.0. The summed E-state index contributed by atoms with van der Waals surface area (Å²) in [7, 11) is 0. The Morgan fingerprint density at radius 2 is 1.62 bits per heavy atom. The molecule has 4 heterocycles. The number of imide groups is 1. The smallest absolute Gasteiger partial charge is 0.259 e. The minimum absolute atomic E-state index is 0.0312. The highest BCUT2D eigenvalue weighted by atomic mass is 16.5. The number of aryl methyl sites for hydroxylation is 2. The van der Waals surface area contributed by atoms with E-state index in [0.717, 1.165) is 12.8 Å².